The number of para-hydroxylation sites is 2. The van der Waals surface area contributed by atoms with Crippen LogP contribution in [0.1, 0.15) is 17.2 Å². The van der Waals surface area contributed by atoms with Crippen LogP contribution in [0, 0.1) is 0 Å². The third kappa shape index (κ3) is 4.13. The first-order valence-electron chi connectivity index (χ1n) is 16.3. The minimum Gasteiger partial charge on any atom is -0.455 e. The van der Waals surface area contributed by atoms with Gasteiger partial charge in [-0.3, -0.25) is 4.57 Å². The molecule has 0 radical (unpaired) electrons. The molecule has 2 aromatic heterocycles. The van der Waals surface area contributed by atoms with Crippen LogP contribution in [0.3, 0.4) is 0 Å². The molecule has 1 aliphatic heterocycles. The Morgan fingerprint density at radius 2 is 1.21 bits per heavy atom. The van der Waals surface area contributed by atoms with Crippen LogP contribution >= 0.6 is 0 Å². The Hall–Kier alpha value is -6.39. The minimum absolute atomic E-state index is 0.0527. The van der Waals surface area contributed by atoms with E-state index in [4.69, 9.17) is 9.41 Å². The Morgan fingerprint density at radius 1 is 0.521 bits per heavy atom. The largest absolute Gasteiger partial charge is 0.455 e. The number of aromatic nitrogens is 1. The van der Waals surface area contributed by atoms with E-state index in [1.807, 2.05) is 12.1 Å². The lowest BCUT2D eigenvalue weighted by Gasteiger charge is -2.28. The molecule has 4 nitrogen and oxygen atoms in total. The summed E-state index contributed by atoms with van der Waals surface area (Å²) < 4.78 is 8.91. The first-order chi connectivity index (χ1) is 23.8. The van der Waals surface area contributed by atoms with Crippen molar-refractivity contribution in [1.82, 2.24) is 9.88 Å². The highest BCUT2D eigenvalue weighted by Gasteiger charge is 2.27. The number of fused-ring (bicyclic) bond motifs is 8. The molecular weight excluding hydrogens is 587 g/mol. The van der Waals surface area contributed by atoms with E-state index in [2.05, 4.69) is 162 Å². The van der Waals surface area contributed by atoms with Crippen molar-refractivity contribution < 1.29 is 4.42 Å². The summed E-state index contributed by atoms with van der Waals surface area (Å²) >= 11 is 0. The van der Waals surface area contributed by atoms with Crippen LogP contribution < -0.4 is 5.32 Å². The Labute approximate surface area is 277 Å². The van der Waals surface area contributed by atoms with Crippen molar-refractivity contribution in [2.75, 3.05) is 0 Å². The van der Waals surface area contributed by atoms with Crippen molar-refractivity contribution in [3.63, 3.8) is 0 Å². The van der Waals surface area contributed by atoms with Crippen LogP contribution in [0.15, 0.2) is 173 Å². The van der Waals surface area contributed by atoms with E-state index in [-0.39, 0.29) is 6.04 Å². The highest BCUT2D eigenvalue weighted by atomic mass is 16.3. The molecule has 3 heterocycles. The van der Waals surface area contributed by atoms with Crippen LogP contribution in [0.4, 0.5) is 5.69 Å². The molecule has 0 aliphatic carbocycles. The second kappa shape index (κ2) is 10.6. The average Bonchev–Trinajstić information content (AvgIpc) is 3.70. The van der Waals surface area contributed by atoms with Gasteiger partial charge in [-0.15, -0.1) is 0 Å². The smallest absolute Gasteiger partial charge is 0.209 e. The van der Waals surface area contributed by atoms with Crippen molar-refractivity contribution in [2.45, 2.75) is 6.04 Å². The molecular formula is C44H29N3O. The number of furan rings is 1. The number of rotatable bonds is 3. The zero-order valence-corrected chi connectivity index (χ0v) is 26.0. The van der Waals surface area contributed by atoms with Gasteiger partial charge in [0.25, 0.3) is 0 Å². The summed E-state index contributed by atoms with van der Waals surface area (Å²) in [4.78, 5) is 5.28. The average molecular weight is 616 g/mol. The predicted octanol–water partition coefficient (Wildman–Crippen LogP) is 11.3. The molecule has 0 saturated heterocycles. The highest BCUT2D eigenvalue weighted by Crippen LogP contribution is 2.42. The maximum atomic E-state index is 6.63. The molecule has 48 heavy (non-hydrogen) atoms. The Kier molecular flexibility index (Phi) is 5.90. The van der Waals surface area contributed by atoms with E-state index in [1.54, 1.807) is 0 Å². The first kappa shape index (κ1) is 26.8. The molecule has 0 spiro atoms. The van der Waals surface area contributed by atoms with E-state index in [9.17, 15) is 0 Å². The summed E-state index contributed by atoms with van der Waals surface area (Å²) in [6.07, 6.45) is 0. The van der Waals surface area contributed by atoms with Gasteiger partial charge in [0.15, 0.2) is 0 Å². The van der Waals surface area contributed by atoms with Gasteiger partial charge in [-0.05, 0) is 64.2 Å². The van der Waals surface area contributed by atoms with Crippen LogP contribution in [0.5, 0.6) is 0 Å². The number of nitrogens with one attached hydrogen (secondary N) is 1. The molecule has 1 unspecified atom stereocenters. The topological polar surface area (TPSA) is 42.5 Å². The molecule has 1 N–H and O–H groups in total. The van der Waals surface area contributed by atoms with Gasteiger partial charge in [-0.2, -0.15) is 0 Å². The van der Waals surface area contributed by atoms with Gasteiger partial charge in [-0.25, -0.2) is 4.99 Å². The number of hydrogen-bond acceptors (Lipinski definition) is 3. The molecule has 7 aromatic carbocycles. The number of hydrogen-bond donors (Lipinski definition) is 1. The van der Waals surface area contributed by atoms with Gasteiger partial charge >= 0.3 is 0 Å². The van der Waals surface area contributed by atoms with Crippen LogP contribution in [0.25, 0.3) is 66.0 Å². The van der Waals surface area contributed by atoms with Crippen molar-refractivity contribution in [2.24, 2.45) is 4.99 Å². The molecule has 9 aromatic rings. The monoisotopic (exact) mass is 615 g/mol. The molecule has 226 valence electrons. The maximum Gasteiger partial charge on any atom is 0.209 e. The molecule has 0 fully saturated rings. The van der Waals surface area contributed by atoms with E-state index >= 15 is 0 Å². The quantitative estimate of drug-likeness (QED) is 0.215. The summed E-state index contributed by atoms with van der Waals surface area (Å²) in [5, 5.41) is 8.30. The predicted molar refractivity (Wildman–Crippen MR) is 198 cm³/mol. The summed E-state index contributed by atoms with van der Waals surface area (Å²) in [6.45, 7) is 0. The third-order valence-electron chi connectivity index (χ3n) is 9.67. The van der Waals surface area contributed by atoms with Gasteiger partial charge in [0.2, 0.25) is 5.96 Å². The standard InChI is InChI=1S/C44H29N3O/c1-3-12-28(13-4-1)30-16-11-17-31(26-30)32-22-23-36-39(27-32)47(38-25-24-34-33-18-8-10-21-40(33)48-43(34)41(36)38)44-45-37-20-9-7-19-35(37)42(46-44)29-14-5-2-6-15-29/h1-27,42H,(H,45,46). The van der Waals surface area contributed by atoms with Gasteiger partial charge in [-0.1, -0.05) is 127 Å². The second-order valence-electron chi connectivity index (χ2n) is 12.4. The summed E-state index contributed by atoms with van der Waals surface area (Å²) in [7, 11) is 0. The number of aliphatic imine (C=N–C) groups is 1. The molecule has 0 bridgehead atoms. The van der Waals surface area contributed by atoms with Crippen LogP contribution in [-0.4, -0.2) is 10.5 Å². The van der Waals surface area contributed by atoms with Gasteiger partial charge in [0.1, 0.15) is 11.2 Å². The van der Waals surface area contributed by atoms with Gasteiger partial charge in [0.05, 0.1) is 28.1 Å². The zero-order chi connectivity index (χ0) is 31.6. The van der Waals surface area contributed by atoms with E-state index < -0.39 is 0 Å². The van der Waals surface area contributed by atoms with Crippen molar-refractivity contribution in [3.8, 4) is 22.3 Å². The van der Waals surface area contributed by atoms with E-state index in [0.717, 1.165) is 72.1 Å². The first-order valence-corrected chi connectivity index (χ1v) is 16.3. The maximum absolute atomic E-state index is 6.63. The summed E-state index contributed by atoms with van der Waals surface area (Å²) in [6, 6.07) is 57.8. The second-order valence-corrected chi connectivity index (χ2v) is 12.4. The number of nitrogens with zero attached hydrogens (tertiary/aromatic N) is 2. The molecule has 1 atom stereocenters. The van der Waals surface area contributed by atoms with Crippen LogP contribution in [-0.2, 0) is 0 Å². The highest BCUT2D eigenvalue weighted by molar-refractivity contribution is 6.26. The molecule has 0 saturated carbocycles. The molecule has 0 amide bonds. The van der Waals surface area contributed by atoms with Gasteiger partial charge in [0, 0.05) is 21.7 Å². The van der Waals surface area contributed by atoms with Crippen molar-refractivity contribution >= 4 is 55.4 Å². The van der Waals surface area contributed by atoms with E-state index in [1.165, 1.54) is 16.7 Å². The van der Waals surface area contributed by atoms with Crippen LogP contribution in [0.2, 0.25) is 0 Å². The SMILES string of the molecule is c1ccc(-c2cccc(-c3ccc4c5c6oc7ccccc7c6ccc5n(C5=Nc6ccccc6C(c6ccccc6)N5)c4c3)c2)cc1. The van der Waals surface area contributed by atoms with Gasteiger partial charge < -0.3 is 9.73 Å². The Morgan fingerprint density at radius 3 is 2.08 bits per heavy atom. The third-order valence-corrected chi connectivity index (χ3v) is 9.67. The van der Waals surface area contributed by atoms with Crippen molar-refractivity contribution in [3.05, 3.63) is 175 Å². The Balaban J connectivity index is 1.25. The summed E-state index contributed by atoms with van der Waals surface area (Å²) in [5.41, 5.74) is 11.9. The lowest BCUT2D eigenvalue weighted by atomic mass is 9.96. The molecule has 10 rings (SSSR count). The lowest BCUT2D eigenvalue weighted by molar-refractivity contribution is 0.673. The van der Waals surface area contributed by atoms with Crippen molar-refractivity contribution in [1.29, 1.82) is 0 Å². The zero-order valence-electron chi connectivity index (χ0n) is 26.0. The normalized spacial score (nSPS) is 14.3. The molecule has 4 heteroatoms. The fourth-order valence-corrected chi connectivity index (χ4v) is 7.41. The lowest BCUT2D eigenvalue weighted by Crippen LogP contribution is -2.36. The fraction of sp³-hybridized carbons (Fsp3) is 0.0227. The Bertz CT molecular complexity index is 2700. The fourth-order valence-electron chi connectivity index (χ4n) is 7.41. The number of benzene rings is 7. The van der Waals surface area contributed by atoms with E-state index in [0.29, 0.717) is 0 Å². The minimum atomic E-state index is -0.0527. The summed E-state index contributed by atoms with van der Waals surface area (Å²) in [5.74, 6) is 0.785. The molecule has 1 aliphatic rings.